The molecule has 5 heteroatoms. The first kappa shape index (κ1) is 14.0. The smallest absolute Gasteiger partial charge is 0.492 e. The van der Waals surface area contributed by atoms with Gasteiger partial charge in [-0.05, 0) is 20.8 Å². The Labute approximate surface area is 102 Å². The van der Waals surface area contributed by atoms with E-state index in [1.807, 2.05) is 26.8 Å². The minimum atomic E-state index is -1.53. The summed E-state index contributed by atoms with van der Waals surface area (Å²) in [6, 6.07) is 3.65. The topological polar surface area (TPSA) is 58.9 Å². The normalized spacial score (nSPS) is 10.4. The highest BCUT2D eigenvalue weighted by molar-refractivity contribution is 6.59. The van der Waals surface area contributed by atoms with Crippen molar-refractivity contribution < 1.29 is 19.5 Å². The van der Waals surface area contributed by atoms with Crippen LogP contribution >= 0.6 is 0 Å². The van der Waals surface area contributed by atoms with Gasteiger partial charge in [-0.15, -0.1) is 0 Å². The Balaban J connectivity index is 3.14. The summed E-state index contributed by atoms with van der Waals surface area (Å²) < 4.78 is 10.8. The molecule has 0 aliphatic carbocycles. The third kappa shape index (κ3) is 3.73. The van der Waals surface area contributed by atoms with Crippen LogP contribution in [0.3, 0.4) is 0 Å². The molecule has 2 N–H and O–H groups in total. The maximum Gasteiger partial charge on any atom is 0.492 e. The fraction of sp³-hybridized carbons (Fsp3) is 0.500. The molecular weight excluding hydrogens is 219 g/mol. The largest absolute Gasteiger partial charge is 0.494 e. The van der Waals surface area contributed by atoms with Crippen molar-refractivity contribution in [3.63, 3.8) is 0 Å². The first-order chi connectivity index (χ1) is 8.10. The molecule has 0 aliphatic heterocycles. The van der Waals surface area contributed by atoms with Crippen molar-refractivity contribution in [2.45, 2.75) is 27.4 Å². The average molecular weight is 238 g/mol. The predicted molar refractivity (Wildman–Crippen MR) is 67.5 cm³/mol. The predicted octanol–water partition coefficient (Wildman–Crippen LogP) is 0.610. The summed E-state index contributed by atoms with van der Waals surface area (Å²) in [5, 5.41) is 18.7. The minimum Gasteiger partial charge on any atom is -0.494 e. The molecule has 1 rings (SSSR count). The molecule has 94 valence electrons. The van der Waals surface area contributed by atoms with Crippen LogP contribution in [0.5, 0.6) is 5.75 Å². The van der Waals surface area contributed by atoms with Crippen LogP contribution in [0, 0.1) is 6.92 Å². The zero-order valence-corrected chi connectivity index (χ0v) is 10.6. The monoisotopic (exact) mass is 238 g/mol. The third-order valence-corrected chi connectivity index (χ3v) is 2.37. The molecule has 1 aromatic carbocycles. The number of rotatable bonds is 6. The Morgan fingerprint density at radius 3 is 2.41 bits per heavy atom. The summed E-state index contributed by atoms with van der Waals surface area (Å²) in [4.78, 5) is 0. The highest BCUT2D eigenvalue weighted by Crippen LogP contribution is 2.19. The molecule has 0 amide bonds. The van der Waals surface area contributed by atoms with Gasteiger partial charge in [0.15, 0.2) is 0 Å². The van der Waals surface area contributed by atoms with Crippen molar-refractivity contribution in [1.82, 2.24) is 0 Å². The summed E-state index contributed by atoms with van der Waals surface area (Å²) in [7, 11) is -1.53. The zero-order chi connectivity index (χ0) is 12.8. The van der Waals surface area contributed by atoms with Crippen molar-refractivity contribution in [3.8, 4) is 5.75 Å². The maximum absolute atomic E-state index is 9.34. The van der Waals surface area contributed by atoms with E-state index in [0.717, 1.165) is 11.1 Å². The molecule has 0 aliphatic rings. The quantitative estimate of drug-likeness (QED) is 0.713. The first-order valence-corrected chi connectivity index (χ1v) is 5.80. The zero-order valence-electron chi connectivity index (χ0n) is 10.6. The lowest BCUT2D eigenvalue weighted by molar-refractivity contribution is 0.131. The van der Waals surface area contributed by atoms with E-state index in [4.69, 9.17) is 9.47 Å². The van der Waals surface area contributed by atoms with Gasteiger partial charge in [0, 0.05) is 17.6 Å². The Bertz CT molecular complexity index is 366. The van der Waals surface area contributed by atoms with E-state index in [-0.39, 0.29) is 0 Å². The fourth-order valence-corrected chi connectivity index (χ4v) is 1.71. The van der Waals surface area contributed by atoms with Gasteiger partial charge in [0.25, 0.3) is 0 Å². The van der Waals surface area contributed by atoms with E-state index in [1.54, 1.807) is 6.07 Å². The van der Waals surface area contributed by atoms with E-state index in [2.05, 4.69) is 0 Å². The van der Waals surface area contributed by atoms with Gasteiger partial charge in [-0.1, -0.05) is 17.7 Å². The molecule has 0 bridgehead atoms. The summed E-state index contributed by atoms with van der Waals surface area (Å²) in [6.45, 7) is 7.17. The summed E-state index contributed by atoms with van der Waals surface area (Å²) in [5.41, 5.74) is 2.18. The summed E-state index contributed by atoms with van der Waals surface area (Å²) in [5.74, 6) is 0.515. The summed E-state index contributed by atoms with van der Waals surface area (Å²) >= 11 is 0. The molecule has 1 aromatic rings. The van der Waals surface area contributed by atoms with Gasteiger partial charge in [0.05, 0.1) is 13.2 Å². The Hall–Kier alpha value is -1.04. The SMILES string of the molecule is CCOCc1cc(C)cc(B(O)O)c1OCC. The number of hydrogen-bond donors (Lipinski definition) is 2. The average Bonchev–Trinajstić information content (AvgIpc) is 2.28. The van der Waals surface area contributed by atoms with Crippen LogP contribution in [0.15, 0.2) is 12.1 Å². The molecule has 0 spiro atoms. The maximum atomic E-state index is 9.34. The lowest BCUT2D eigenvalue weighted by atomic mass is 9.77. The fourth-order valence-electron chi connectivity index (χ4n) is 1.71. The Morgan fingerprint density at radius 2 is 1.88 bits per heavy atom. The lowest BCUT2D eigenvalue weighted by Gasteiger charge is -2.16. The highest BCUT2D eigenvalue weighted by Gasteiger charge is 2.20. The highest BCUT2D eigenvalue weighted by atomic mass is 16.5. The van der Waals surface area contributed by atoms with Gasteiger partial charge in [-0.2, -0.15) is 0 Å². The van der Waals surface area contributed by atoms with Crippen molar-refractivity contribution >= 4 is 12.6 Å². The molecule has 0 heterocycles. The Morgan fingerprint density at radius 1 is 1.18 bits per heavy atom. The van der Waals surface area contributed by atoms with Gasteiger partial charge in [-0.25, -0.2) is 0 Å². The first-order valence-electron chi connectivity index (χ1n) is 5.80. The molecule has 4 nitrogen and oxygen atoms in total. The minimum absolute atomic E-state index is 0.390. The number of benzene rings is 1. The molecule has 0 unspecified atom stereocenters. The van der Waals surface area contributed by atoms with E-state index in [9.17, 15) is 10.0 Å². The molecule has 0 saturated carbocycles. The summed E-state index contributed by atoms with van der Waals surface area (Å²) in [6.07, 6.45) is 0. The second-order valence-electron chi connectivity index (χ2n) is 3.79. The van der Waals surface area contributed by atoms with Crippen LogP contribution in [-0.2, 0) is 11.3 Å². The molecule has 17 heavy (non-hydrogen) atoms. The third-order valence-electron chi connectivity index (χ3n) is 2.37. The molecule has 0 aromatic heterocycles. The van der Waals surface area contributed by atoms with Crippen molar-refractivity contribution in [2.24, 2.45) is 0 Å². The lowest BCUT2D eigenvalue weighted by Crippen LogP contribution is -2.32. The standard InChI is InChI=1S/C12H19BO4/c1-4-16-8-10-6-9(3)7-11(13(14)15)12(10)17-5-2/h6-7,14-15H,4-5,8H2,1-3H3. The van der Waals surface area contributed by atoms with E-state index >= 15 is 0 Å². The van der Waals surface area contributed by atoms with Gasteiger partial charge >= 0.3 is 7.12 Å². The van der Waals surface area contributed by atoms with Gasteiger partial charge in [0.2, 0.25) is 0 Å². The molecule has 0 radical (unpaired) electrons. The van der Waals surface area contributed by atoms with Crippen LogP contribution in [-0.4, -0.2) is 30.4 Å². The van der Waals surface area contributed by atoms with E-state index in [1.165, 1.54) is 0 Å². The van der Waals surface area contributed by atoms with Crippen molar-refractivity contribution in [2.75, 3.05) is 13.2 Å². The van der Waals surface area contributed by atoms with Gasteiger partial charge in [-0.3, -0.25) is 0 Å². The van der Waals surface area contributed by atoms with Crippen LogP contribution in [0.4, 0.5) is 0 Å². The van der Waals surface area contributed by atoms with Crippen LogP contribution in [0.25, 0.3) is 0 Å². The van der Waals surface area contributed by atoms with Crippen LogP contribution in [0.1, 0.15) is 25.0 Å². The van der Waals surface area contributed by atoms with Gasteiger partial charge < -0.3 is 19.5 Å². The molecule has 0 fully saturated rings. The number of aryl methyl sites for hydroxylation is 1. The van der Waals surface area contributed by atoms with Crippen LogP contribution in [0.2, 0.25) is 0 Å². The molecule has 0 saturated heterocycles. The van der Waals surface area contributed by atoms with Crippen molar-refractivity contribution in [3.05, 3.63) is 23.3 Å². The number of hydrogen-bond acceptors (Lipinski definition) is 4. The van der Waals surface area contributed by atoms with Gasteiger partial charge in [0.1, 0.15) is 5.75 Å². The second-order valence-corrected chi connectivity index (χ2v) is 3.79. The van der Waals surface area contributed by atoms with Crippen LogP contribution < -0.4 is 10.2 Å². The van der Waals surface area contributed by atoms with E-state index < -0.39 is 7.12 Å². The second kappa shape index (κ2) is 6.64. The molecular formula is C12H19BO4. The number of ether oxygens (including phenoxy) is 2. The Kier molecular flexibility index (Phi) is 5.48. The molecule has 0 atom stereocenters. The van der Waals surface area contributed by atoms with Crippen molar-refractivity contribution in [1.29, 1.82) is 0 Å². The van der Waals surface area contributed by atoms with E-state index in [0.29, 0.717) is 31.0 Å².